The van der Waals surface area contributed by atoms with Gasteiger partial charge >= 0.3 is 0 Å². The van der Waals surface area contributed by atoms with Gasteiger partial charge in [-0.2, -0.15) is 0 Å². The van der Waals surface area contributed by atoms with E-state index in [2.05, 4.69) is 17.9 Å². The molecule has 1 nitrogen and oxygen atoms in total. The predicted octanol–water partition coefficient (Wildman–Crippen LogP) is 2.62. The molecule has 1 heterocycles. The Morgan fingerprint density at radius 1 is 1.45 bits per heavy atom. The van der Waals surface area contributed by atoms with E-state index in [0.29, 0.717) is 0 Å². The molecule has 1 aliphatic heterocycles. The molecule has 0 N–H and O–H groups in total. The van der Waals surface area contributed by atoms with Crippen molar-refractivity contribution in [3.05, 3.63) is 11.6 Å². The number of rotatable bonds is 0. The number of likely N-dealkylation sites (N-methyl/N-ethyl adjacent to an activating group) is 1. The summed E-state index contributed by atoms with van der Waals surface area (Å²) in [4.78, 5) is 3.07. The molecule has 0 aromatic heterocycles. The Morgan fingerprint density at radius 3 is 2.36 bits per heavy atom. The van der Waals surface area contributed by atoms with Crippen LogP contribution in [0.15, 0.2) is 11.6 Å². The molecule has 0 spiro atoms. The van der Waals surface area contributed by atoms with E-state index in [1.165, 1.54) is 5.57 Å². The molecule has 0 saturated heterocycles. The molecule has 0 aromatic carbocycles. The van der Waals surface area contributed by atoms with Gasteiger partial charge in [-0.15, -0.1) is 0 Å². The van der Waals surface area contributed by atoms with Gasteiger partial charge in [-0.05, 0) is 19.4 Å². The standard InChI is InChI=1S/C7H11NS.C2H6/c1-6-3-4-8(2)7(9)5-6;1-2/h5H,3-4H2,1-2H3;1-2H3. The van der Waals surface area contributed by atoms with Crippen molar-refractivity contribution in [2.45, 2.75) is 27.2 Å². The van der Waals surface area contributed by atoms with Crippen molar-refractivity contribution in [1.29, 1.82) is 0 Å². The fraction of sp³-hybridized carbons (Fsp3) is 0.667. The second-order valence-electron chi connectivity index (χ2n) is 2.50. The molecular weight excluding hydrogens is 154 g/mol. The first-order chi connectivity index (χ1) is 5.20. The van der Waals surface area contributed by atoms with E-state index in [1.54, 1.807) is 0 Å². The highest BCUT2D eigenvalue weighted by Gasteiger charge is 2.06. The van der Waals surface area contributed by atoms with Crippen LogP contribution in [-0.2, 0) is 0 Å². The van der Waals surface area contributed by atoms with Crippen LogP contribution >= 0.6 is 12.2 Å². The van der Waals surface area contributed by atoms with Crippen LogP contribution in [0.4, 0.5) is 0 Å². The van der Waals surface area contributed by atoms with Gasteiger partial charge in [0.15, 0.2) is 0 Å². The molecule has 1 aliphatic rings. The lowest BCUT2D eigenvalue weighted by Gasteiger charge is -2.22. The van der Waals surface area contributed by atoms with Gasteiger partial charge in [-0.3, -0.25) is 0 Å². The molecular formula is C9H17NS. The Morgan fingerprint density at radius 2 is 2.00 bits per heavy atom. The third-order valence-electron chi connectivity index (χ3n) is 1.59. The molecule has 0 aliphatic carbocycles. The maximum absolute atomic E-state index is 5.05. The van der Waals surface area contributed by atoms with Crippen LogP contribution < -0.4 is 0 Å². The summed E-state index contributed by atoms with van der Waals surface area (Å²) in [5.74, 6) is 0. The molecule has 0 atom stereocenters. The zero-order valence-corrected chi connectivity index (χ0v) is 8.66. The van der Waals surface area contributed by atoms with Crippen LogP contribution in [0.3, 0.4) is 0 Å². The van der Waals surface area contributed by atoms with Gasteiger partial charge in [0.2, 0.25) is 0 Å². The molecule has 0 aromatic rings. The highest BCUT2D eigenvalue weighted by Crippen LogP contribution is 2.09. The predicted molar refractivity (Wildman–Crippen MR) is 55.0 cm³/mol. The fourth-order valence-corrected chi connectivity index (χ4v) is 1.14. The van der Waals surface area contributed by atoms with Gasteiger partial charge in [0.1, 0.15) is 4.99 Å². The second kappa shape index (κ2) is 5.30. The summed E-state index contributed by atoms with van der Waals surface area (Å²) in [6.45, 7) is 7.21. The largest absolute Gasteiger partial charge is 0.366 e. The van der Waals surface area contributed by atoms with Crippen LogP contribution in [-0.4, -0.2) is 23.5 Å². The van der Waals surface area contributed by atoms with Crippen LogP contribution in [0.5, 0.6) is 0 Å². The Balaban J connectivity index is 0.000000461. The van der Waals surface area contributed by atoms with Crippen LogP contribution in [0.2, 0.25) is 0 Å². The topological polar surface area (TPSA) is 3.24 Å². The molecule has 0 radical (unpaired) electrons. The van der Waals surface area contributed by atoms with Gasteiger partial charge in [-0.1, -0.05) is 31.6 Å². The molecule has 1 rings (SSSR count). The molecule has 2 heteroatoms. The van der Waals surface area contributed by atoms with Crippen molar-refractivity contribution in [2.24, 2.45) is 0 Å². The summed E-state index contributed by atoms with van der Waals surface area (Å²) in [7, 11) is 2.03. The normalized spacial score (nSPS) is 16.9. The third-order valence-corrected chi connectivity index (χ3v) is 2.02. The molecule has 0 fully saturated rings. The fourth-order valence-electron chi connectivity index (χ4n) is 0.847. The average Bonchev–Trinajstić information content (AvgIpc) is 2.02. The SMILES string of the molecule is CC.CC1=CC(=S)N(C)CC1. The summed E-state index contributed by atoms with van der Waals surface area (Å²) >= 11 is 5.05. The average molecular weight is 171 g/mol. The van der Waals surface area contributed by atoms with Crippen molar-refractivity contribution in [1.82, 2.24) is 4.90 Å². The molecule has 0 bridgehead atoms. The smallest absolute Gasteiger partial charge is 0.101 e. The highest BCUT2D eigenvalue weighted by molar-refractivity contribution is 7.80. The van der Waals surface area contributed by atoms with E-state index in [1.807, 2.05) is 20.9 Å². The Labute approximate surface area is 75.1 Å². The minimum Gasteiger partial charge on any atom is -0.366 e. The monoisotopic (exact) mass is 171 g/mol. The van der Waals surface area contributed by atoms with E-state index >= 15 is 0 Å². The second-order valence-corrected chi connectivity index (χ2v) is 2.92. The molecule has 64 valence electrons. The van der Waals surface area contributed by atoms with Crippen LogP contribution in [0, 0.1) is 0 Å². The zero-order valence-electron chi connectivity index (χ0n) is 7.85. The first-order valence-corrected chi connectivity index (χ1v) is 4.53. The van der Waals surface area contributed by atoms with Crippen molar-refractivity contribution in [3.8, 4) is 0 Å². The van der Waals surface area contributed by atoms with Gasteiger partial charge < -0.3 is 4.90 Å². The minimum atomic E-state index is 0.971. The lowest BCUT2D eigenvalue weighted by atomic mass is 10.1. The van der Waals surface area contributed by atoms with E-state index in [-0.39, 0.29) is 0 Å². The maximum Gasteiger partial charge on any atom is 0.101 e. The maximum atomic E-state index is 5.05. The molecule has 0 unspecified atom stereocenters. The van der Waals surface area contributed by atoms with Crippen LogP contribution in [0.1, 0.15) is 27.2 Å². The zero-order chi connectivity index (χ0) is 8.85. The number of nitrogens with zero attached hydrogens (tertiary/aromatic N) is 1. The van der Waals surface area contributed by atoms with Crippen LogP contribution in [0.25, 0.3) is 0 Å². The summed E-state index contributed by atoms with van der Waals surface area (Å²) in [6.07, 6.45) is 3.23. The van der Waals surface area contributed by atoms with E-state index < -0.39 is 0 Å². The van der Waals surface area contributed by atoms with E-state index in [9.17, 15) is 0 Å². The van der Waals surface area contributed by atoms with Crippen molar-refractivity contribution in [3.63, 3.8) is 0 Å². The van der Waals surface area contributed by atoms with Gasteiger partial charge in [-0.25, -0.2) is 0 Å². The lowest BCUT2D eigenvalue weighted by Crippen LogP contribution is -2.28. The number of hydrogen-bond acceptors (Lipinski definition) is 1. The Bertz CT molecular complexity index is 161. The molecule has 11 heavy (non-hydrogen) atoms. The van der Waals surface area contributed by atoms with E-state index in [0.717, 1.165) is 18.0 Å². The minimum absolute atomic E-state index is 0.971. The number of hydrogen-bond donors (Lipinski definition) is 0. The third kappa shape index (κ3) is 3.51. The highest BCUT2D eigenvalue weighted by atomic mass is 32.1. The van der Waals surface area contributed by atoms with Gasteiger partial charge in [0, 0.05) is 13.6 Å². The summed E-state index contributed by atoms with van der Waals surface area (Å²) in [5, 5.41) is 0. The Kier molecular flexibility index (Phi) is 5.12. The first-order valence-electron chi connectivity index (χ1n) is 4.12. The number of thiocarbonyl (C=S) groups is 1. The molecule has 0 saturated carbocycles. The van der Waals surface area contributed by atoms with E-state index in [4.69, 9.17) is 12.2 Å². The summed E-state index contributed by atoms with van der Waals surface area (Å²) in [6, 6.07) is 0. The Hall–Kier alpha value is -0.370. The summed E-state index contributed by atoms with van der Waals surface area (Å²) < 4.78 is 0. The van der Waals surface area contributed by atoms with Crippen molar-refractivity contribution < 1.29 is 0 Å². The lowest BCUT2D eigenvalue weighted by molar-refractivity contribution is 0.507. The van der Waals surface area contributed by atoms with Crippen molar-refractivity contribution >= 4 is 17.2 Å². The molecule has 0 amide bonds. The quantitative estimate of drug-likeness (QED) is 0.515. The van der Waals surface area contributed by atoms with Gasteiger partial charge in [0.25, 0.3) is 0 Å². The summed E-state index contributed by atoms with van der Waals surface area (Å²) in [5.41, 5.74) is 1.40. The first kappa shape index (κ1) is 10.6. The van der Waals surface area contributed by atoms with Crippen molar-refractivity contribution in [2.75, 3.05) is 13.6 Å². The van der Waals surface area contributed by atoms with Gasteiger partial charge in [0.05, 0.1) is 0 Å².